The maximum atomic E-state index is 11.9. The fraction of sp³-hybridized carbons (Fsp3) is 0. The number of carbonyl (C=O) groups is 1. The maximum absolute atomic E-state index is 11.9. The van der Waals surface area contributed by atoms with E-state index < -0.39 is 0 Å². The molecule has 112 valence electrons. The predicted octanol–water partition coefficient (Wildman–Crippen LogP) is -4.13. The lowest BCUT2D eigenvalue weighted by Crippen LogP contribution is -2.25. The quantitative estimate of drug-likeness (QED) is 0.361. The van der Waals surface area contributed by atoms with Crippen molar-refractivity contribution in [3.8, 4) is 0 Å². The third-order valence-corrected chi connectivity index (χ3v) is 3.55. The molecule has 0 bridgehead atoms. The molecule has 0 aliphatic carbocycles. The number of fused-ring (bicyclic) bond motifs is 1. The molecule has 3 aromatic heterocycles. The first-order valence-electron chi connectivity index (χ1n) is 6.94. The highest BCUT2D eigenvalue weighted by molar-refractivity contribution is 6.45. The summed E-state index contributed by atoms with van der Waals surface area (Å²) in [5.41, 5.74) is 8.84. The Hall–Kier alpha value is -3.04. The van der Waals surface area contributed by atoms with Gasteiger partial charge in [0.2, 0.25) is 7.98 Å². The van der Waals surface area contributed by atoms with Gasteiger partial charge in [0.05, 0.1) is 17.4 Å². The molecule has 3 heterocycles. The van der Waals surface area contributed by atoms with Crippen LogP contribution in [-0.2, 0) is 0 Å². The summed E-state index contributed by atoms with van der Waals surface area (Å²) < 4.78 is 0. The second-order valence-corrected chi connectivity index (χ2v) is 5.07. The summed E-state index contributed by atoms with van der Waals surface area (Å²) in [5.74, 6) is 0.436. The summed E-state index contributed by atoms with van der Waals surface area (Å²) in [6.07, 6.45) is 1.73. The molecule has 23 heavy (non-hydrogen) atoms. The van der Waals surface area contributed by atoms with Gasteiger partial charge in [-0.15, -0.1) is 10.2 Å². The number of carbonyl (C=O) groups excluding carboxylic acids is 1. The number of H-pyrrole nitrogens is 1. The van der Waals surface area contributed by atoms with Crippen LogP contribution in [0.4, 0.5) is 17.3 Å². The van der Waals surface area contributed by atoms with E-state index in [9.17, 15) is 4.79 Å². The van der Waals surface area contributed by atoms with Crippen molar-refractivity contribution < 1.29 is 4.79 Å². The molecule has 0 saturated heterocycles. The van der Waals surface area contributed by atoms with Crippen molar-refractivity contribution in [3.05, 3.63) is 18.0 Å². The normalized spacial score (nSPS) is 10.6. The second-order valence-electron chi connectivity index (χ2n) is 5.07. The summed E-state index contributed by atoms with van der Waals surface area (Å²) >= 11 is 0. The molecule has 0 spiro atoms. The van der Waals surface area contributed by atoms with Crippen molar-refractivity contribution in [3.63, 3.8) is 0 Å². The maximum Gasteiger partial charge on any atom is 0.261 e. The van der Waals surface area contributed by atoms with E-state index in [4.69, 9.17) is 5.73 Å². The molecule has 0 aromatic carbocycles. The van der Waals surface area contributed by atoms with Gasteiger partial charge >= 0.3 is 0 Å². The van der Waals surface area contributed by atoms with Crippen LogP contribution in [0, 0.1) is 0 Å². The molecule has 0 unspecified atom stereocenters. The van der Waals surface area contributed by atoms with Gasteiger partial charge in [-0.25, -0.2) is 4.98 Å². The van der Waals surface area contributed by atoms with E-state index in [1.165, 1.54) is 7.98 Å². The largest absolute Gasteiger partial charge is 0.401 e. The van der Waals surface area contributed by atoms with Crippen molar-refractivity contribution >= 4 is 68.9 Å². The van der Waals surface area contributed by atoms with Crippen LogP contribution in [0.5, 0.6) is 0 Å². The van der Waals surface area contributed by atoms with Crippen molar-refractivity contribution in [2.24, 2.45) is 0 Å². The van der Waals surface area contributed by atoms with Gasteiger partial charge < -0.3 is 16.3 Å². The van der Waals surface area contributed by atoms with E-state index in [0.717, 1.165) is 22.0 Å². The average molecular weight is 306 g/mol. The Balaban J connectivity index is 2.10. The predicted molar refractivity (Wildman–Crippen MR) is 96.0 cm³/mol. The highest BCUT2D eigenvalue weighted by atomic mass is 16.1. The average Bonchev–Trinajstić information content (AvgIpc) is 3.02. The number of nitrogens with zero attached hydrogens (tertiary/aromatic N) is 4. The van der Waals surface area contributed by atoms with Gasteiger partial charge in [-0.2, -0.15) is 5.10 Å². The zero-order valence-corrected chi connectivity index (χ0v) is 12.9. The minimum absolute atomic E-state index is 0.144. The molecule has 0 aliphatic rings. The Kier molecular flexibility index (Phi) is 3.64. The molecule has 3 aromatic rings. The number of rotatable bonds is 3. The van der Waals surface area contributed by atoms with Gasteiger partial charge in [0.1, 0.15) is 19.5 Å². The number of hydrogen-bond acceptors (Lipinski definition) is 7. The van der Waals surface area contributed by atoms with Crippen LogP contribution >= 0.6 is 0 Å². The fourth-order valence-electron chi connectivity index (χ4n) is 2.31. The third-order valence-electron chi connectivity index (χ3n) is 3.55. The minimum atomic E-state index is -0.364. The number of aromatic nitrogens is 5. The van der Waals surface area contributed by atoms with E-state index in [-0.39, 0.29) is 17.4 Å². The van der Waals surface area contributed by atoms with Gasteiger partial charge in [-0.3, -0.25) is 9.89 Å². The molecule has 3 rings (SSSR count). The van der Waals surface area contributed by atoms with Crippen molar-refractivity contribution in [2.75, 3.05) is 11.1 Å². The fourth-order valence-corrected chi connectivity index (χ4v) is 2.31. The summed E-state index contributed by atoms with van der Waals surface area (Å²) in [7, 11) is 5.32. The first-order chi connectivity index (χ1) is 11.0. The van der Waals surface area contributed by atoms with Crippen LogP contribution < -0.4 is 27.3 Å². The topological polar surface area (TPSA) is 134 Å². The highest BCUT2D eigenvalue weighted by Crippen LogP contribution is 2.19. The molecule has 1 amide bonds. The van der Waals surface area contributed by atoms with Gasteiger partial charge in [0.15, 0.2) is 13.5 Å². The Morgan fingerprint density at radius 2 is 2.09 bits per heavy atom. The number of hydrogen-bond donors (Lipinski definition) is 4. The molecule has 9 nitrogen and oxygen atoms in total. The number of amides is 1. The molecule has 5 N–H and O–H groups in total. The summed E-state index contributed by atoms with van der Waals surface area (Å²) in [5, 5.41) is 21.2. The molecule has 0 aliphatic heterocycles. The molecule has 0 fully saturated rings. The van der Waals surface area contributed by atoms with Gasteiger partial charge in [-0.05, 0) is 5.46 Å². The molecule has 0 atom stereocenters. The molecular weight excluding hydrogens is 293 g/mol. The van der Waals surface area contributed by atoms with Crippen LogP contribution in [-0.4, -0.2) is 55.0 Å². The SMILES string of the molecule is BNC(=O)c1nnc(N)cc1Nc1nc(B)c2cn[nH]c2c1B. The standard InChI is InChI=1S/C11H13B3N8O/c12-6-7-3(2-16-21-7)9(13)18-10(6)17-4-1-5(15)20-22-8(4)11(23)19-14/h1-2H,12-14H2,(H,16,21)(H,19,23)(H3,15,17,18,20). The summed E-state index contributed by atoms with van der Waals surface area (Å²) in [6.45, 7) is 0. The number of anilines is 3. The Bertz CT molecular complexity index is 912. The van der Waals surface area contributed by atoms with Gasteiger partial charge in [0, 0.05) is 17.0 Å². The van der Waals surface area contributed by atoms with Crippen LogP contribution in [0.3, 0.4) is 0 Å². The zero-order valence-electron chi connectivity index (χ0n) is 12.9. The zero-order chi connectivity index (χ0) is 16.6. The van der Waals surface area contributed by atoms with Crippen molar-refractivity contribution in [1.82, 2.24) is 30.6 Å². The smallest absolute Gasteiger partial charge is 0.261 e. The van der Waals surface area contributed by atoms with Crippen molar-refractivity contribution in [2.45, 2.75) is 0 Å². The summed E-state index contributed by atoms with van der Waals surface area (Å²) in [4.78, 5) is 16.5. The van der Waals surface area contributed by atoms with E-state index in [2.05, 4.69) is 35.9 Å². The Morgan fingerprint density at radius 1 is 1.30 bits per heavy atom. The second kappa shape index (κ2) is 5.63. The number of aromatic amines is 1. The lowest BCUT2D eigenvalue weighted by molar-refractivity contribution is 0.0977. The Morgan fingerprint density at radius 3 is 2.83 bits per heavy atom. The van der Waals surface area contributed by atoms with E-state index >= 15 is 0 Å². The van der Waals surface area contributed by atoms with E-state index in [1.807, 2.05) is 15.7 Å². The molecular formula is C11H13B3N8O. The lowest BCUT2D eigenvalue weighted by Gasteiger charge is -2.13. The monoisotopic (exact) mass is 306 g/mol. The van der Waals surface area contributed by atoms with Gasteiger partial charge in [0.25, 0.3) is 5.91 Å². The number of nitrogens with two attached hydrogens (primary N) is 1. The first-order valence-corrected chi connectivity index (χ1v) is 6.94. The van der Waals surface area contributed by atoms with Crippen LogP contribution in [0.15, 0.2) is 12.3 Å². The lowest BCUT2D eigenvalue weighted by atomic mass is 9.90. The third kappa shape index (κ3) is 2.58. The number of pyridine rings is 1. The van der Waals surface area contributed by atoms with E-state index in [0.29, 0.717) is 11.5 Å². The molecule has 0 radical (unpaired) electrons. The Labute approximate surface area is 134 Å². The van der Waals surface area contributed by atoms with Crippen LogP contribution in [0.25, 0.3) is 10.9 Å². The van der Waals surface area contributed by atoms with Crippen molar-refractivity contribution in [1.29, 1.82) is 0 Å². The summed E-state index contributed by atoms with van der Waals surface area (Å²) in [6, 6.07) is 1.55. The van der Waals surface area contributed by atoms with Crippen LogP contribution in [0.2, 0.25) is 0 Å². The molecule has 12 heteroatoms. The molecule has 0 saturated carbocycles. The highest BCUT2D eigenvalue weighted by Gasteiger charge is 2.16. The number of nitrogen functional groups attached to an aromatic ring is 1. The number of nitrogens with one attached hydrogen (secondary N) is 3. The van der Waals surface area contributed by atoms with Gasteiger partial charge in [-0.1, -0.05) is 0 Å². The van der Waals surface area contributed by atoms with Crippen LogP contribution in [0.1, 0.15) is 10.5 Å². The first kappa shape index (κ1) is 14.9. The van der Waals surface area contributed by atoms with E-state index in [1.54, 1.807) is 12.3 Å². The minimum Gasteiger partial charge on any atom is -0.401 e.